The quantitative estimate of drug-likeness (QED) is 0.789. The smallest absolute Gasteiger partial charge is 0.0850 e. The first-order chi connectivity index (χ1) is 7.22. The van der Waals surface area contributed by atoms with Crippen LogP contribution in [-0.2, 0) is 6.42 Å². The molecule has 0 aliphatic rings. The summed E-state index contributed by atoms with van der Waals surface area (Å²) in [6, 6.07) is 10.1. The number of rotatable bonds is 1. The van der Waals surface area contributed by atoms with E-state index in [-0.39, 0.29) is 0 Å². The van der Waals surface area contributed by atoms with Crippen LogP contribution in [0.3, 0.4) is 0 Å². The number of hydrogen-bond acceptors (Lipinski definition) is 2. The summed E-state index contributed by atoms with van der Waals surface area (Å²) in [6.45, 7) is 2.04. The zero-order valence-corrected chi connectivity index (χ0v) is 9.87. The molecule has 1 heterocycles. The number of nitrogens with zero attached hydrogens (tertiary/aromatic N) is 2. The van der Waals surface area contributed by atoms with E-state index >= 15 is 0 Å². The zero-order chi connectivity index (χ0) is 10.8. The fraction of sp³-hybridized carbons (Fsp3) is 0.167. The van der Waals surface area contributed by atoms with E-state index in [0.717, 1.165) is 26.6 Å². The first-order valence-electron chi connectivity index (χ1n) is 4.64. The molecule has 0 radical (unpaired) electrons. The highest BCUT2D eigenvalue weighted by Gasteiger charge is 2.04. The van der Waals surface area contributed by atoms with Gasteiger partial charge in [0.2, 0.25) is 0 Å². The van der Waals surface area contributed by atoms with E-state index in [1.807, 2.05) is 31.2 Å². The van der Waals surface area contributed by atoms with Crippen LogP contribution in [0.5, 0.6) is 0 Å². The molecule has 0 spiro atoms. The van der Waals surface area contributed by atoms with Gasteiger partial charge in [0.15, 0.2) is 0 Å². The lowest BCUT2D eigenvalue weighted by Gasteiger charge is -2.05. The number of fused-ring (bicyclic) bond motifs is 1. The molecule has 15 heavy (non-hydrogen) atoms. The standard InChI is InChI=1S/C12H9BrN2/c1-8-7-9(5-6-14)15-12-10(8)3-2-4-11(12)13/h2-4,7H,5H2,1H3. The van der Waals surface area contributed by atoms with Gasteiger partial charge in [0.1, 0.15) is 0 Å². The molecule has 3 heteroatoms. The van der Waals surface area contributed by atoms with Gasteiger partial charge in [0, 0.05) is 9.86 Å². The summed E-state index contributed by atoms with van der Waals surface area (Å²) < 4.78 is 0.975. The Labute approximate surface area is 96.7 Å². The van der Waals surface area contributed by atoms with E-state index in [9.17, 15) is 0 Å². The molecule has 0 fully saturated rings. The van der Waals surface area contributed by atoms with Crippen LogP contribution in [0.2, 0.25) is 0 Å². The molecule has 0 N–H and O–H groups in total. The van der Waals surface area contributed by atoms with Crippen molar-refractivity contribution in [3.05, 3.63) is 40.0 Å². The lowest BCUT2D eigenvalue weighted by molar-refractivity contribution is 1.13. The lowest BCUT2D eigenvalue weighted by atomic mass is 10.1. The third kappa shape index (κ3) is 1.86. The van der Waals surface area contributed by atoms with Crippen LogP contribution in [-0.4, -0.2) is 4.98 Å². The predicted molar refractivity (Wildman–Crippen MR) is 63.5 cm³/mol. The molecular weight excluding hydrogens is 252 g/mol. The van der Waals surface area contributed by atoms with Crippen molar-refractivity contribution < 1.29 is 0 Å². The van der Waals surface area contributed by atoms with Crippen LogP contribution in [0.1, 0.15) is 11.3 Å². The predicted octanol–water partition coefficient (Wildman–Crippen LogP) is 3.37. The van der Waals surface area contributed by atoms with E-state index < -0.39 is 0 Å². The molecule has 2 nitrogen and oxygen atoms in total. The van der Waals surface area contributed by atoms with E-state index in [2.05, 4.69) is 27.0 Å². The fourth-order valence-corrected chi connectivity index (χ4v) is 2.08. The molecule has 0 aliphatic carbocycles. The molecule has 0 atom stereocenters. The first-order valence-corrected chi connectivity index (χ1v) is 5.43. The van der Waals surface area contributed by atoms with Gasteiger partial charge >= 0.3 is 0 Å². The monoisotopic (exact) mass is 260 g/mol. The lowest BCUT2D eigenvalue weighted by Crippen LogP contribution is -1.92. The van der Waals surface area contributed by atoms with Crippen LogP contribution in [0.4, 0.5) is 0 Å². The van der Waals surface area contributed by atoms with Crippen molar-refractivity contribution in [1.82, 2.24) is 4.98 Å². The van der Waals surface area contributed by atoms with E-state index in [1.165, 1.54) is 0 Å². The minimum atomic E-state index is 0.359. The highest BCUT2D eigenvalue weighted by molar-refractivity contribution is 9.10. The SMILES string of the molecule is Cc1cc(CC#N)nc2c(Br)cccc12. The van der Waals surface area contributed by atoms with E-state index in [4.69, 9.17) is 5.26 Å². The molecule has 0 amide bonds. The van der Waals surface area contributed by atoms with Gasteiger partial charge in [-0.1, -0.05) is 12.1 Å². The van der Waals surface area contributed by atoms with Crippen LogP contribution in [0, 0.1) is 18.3 Å². The van der Waals surface area contributed by atoms with Crippen molar-refractivity contribution in [2.45, 2.75) is 13.3 Å². The molecule has 0 bridgehead atoms. The first kappa shape index (κ1) is 10.1. The van der Waals surface area contributed by atoms with Crippen LogP contribution in [0.15, 0.2) is 28.7 Å². The minimum absolute atomic E-state index is 0.359. The summed E-state index contributed by atoms with van der Waals surface area (Å²) in [5, 5.41) is 9.78. The maximum atomic E-state index is 8.65. The second-order valence-corrected chi connectivity index (χ2v) is 4.26. The van der Waals surface area contributed by atoms with Crippen molar-refractivity contribution in [3.8, 4) is 6.07 Å². The van der Waals surface area contributed by atoms with E-state index in [0.29, 0.717) is 6.42 Å². The maximum Gasteiger partial charge on any atom is 0.0850 e. The van der Waals surface area contributed by atoms with Gasteiger partial charge in [0.25, 0.3) is 0 Å². The Morgan fingerprint density at radius 1 is 1.47 bits per heavy atom. The average molecular weight is 261 g/mol. The van der Waals surface area contributed by atoms with Gasteiger partial charge in [-0.15, -0.1) is 0 Å². The van der Waals surface area contributed by atoms with Crippen LogP contribution < -0.4 is 0 Å². The van der Waals surface area contributed by atoms with Crippen molar-refractivity contribution >= 4 is 26.8 Å². The summed E-state index contributed by atoms with van der Waals surface area (Å²) >= 11 is 3.47. The second kappa shape index (κ2) is 4.00. The van der Waals surface area contributed by atoms with Crippen molar-refractivity contribution in [1.29, 1.82) is 5.26 Å². The molecule has 0 saturated heterocycles. The number of hydrogen-bond donors (Lipinski definition) is 0. The Morgan fingerprint density at radius 3 is 3.00 bits per heavy atom. The Bertz CT molecular complexity index is 555. The van der Waals surface area contributed by atoms with Gasteiger partial charge in [-0.05, 0) is 40.5 Å². The van der Waals surface area contributed by atoms with E-state index in [1.54, 1.807) is 0 Å². The third-order valence-electron chi connectivity index (χ3n) is 2.31. The average Bonchev–Trinajstić information content (AvgIpc) is 2.20. The molecule has 0 saturated carbocycles. The normalized spacial score (nSPS) is 10.2. The Balaban J connectivity index is 2.75. The summed E-state index contributed by atoms with van der Waals surface area (Å²) in [6.07, 6.45) is 0.359. The number of halogens is 1. The fourth-order valence-electron chi connectivity index (χ4n) is 1.62. The van der Waals surface area contributed by atoms with Gasteiger partial charge in [0.05, 0.1) is 23.7 Å². The summed E-state index contributed by atoms with van der Waals surface area (Å²) in [5.74, 6) is 0. The van der Waals surface area contributed by atoms with Gasteiger partial charge in [-0.2, -0.15) is 5.26 Å². The van der Waals surface area contributed by atoms with Crippen molar-refractivity contribution in [2.24, 2.45) is 0 Å². The number of para-hydroxylation sites is 1. The van der Waals surface area contributed by atoms with Crippen molar-refractivity contribution in [3.63, 3.8) is 0 Å². The Morgan fingerprint density at radius 2 is 2.27 bits per heavy atom. The van der Waals surface area contributed by atoms with Crippen molar-refractivity contribution in [2.75, 3.05) is 0 Å². The third-order valence-corrected chi connectivity index (χ3v) is 2.95. The van der Waals surface area contributed by atoms with Gasteiger partial charge in [-0.25, -0.2) is 0 Å². The summed E-state index contributed by atoms with van der Waals surface area (Å²) in [7, 11) is 0. The minimum Gasteiger partial charge on any atom is -0.251 e. The molecule has 74 valence electrons. The van der Waals surface area contributed by atoms with Gasteiger partial charge in [-0.3, -0.25) is 4.98 Å². The number of aryl methyl sites for hydroxylation is 1. The molecule has 0 aliphatic heterocycles. The molecule has 2 rings (SSSR count). The number of aromatic nitrogens is 1. The molecule has 2 aromatic rings. The highest BCUT2D eigenvalue weighted by Crippen LogP contribution is 2.25. The number of nitriles is 1. The largest absolute Gasteiger partial charge is 0.251 e. The Kier molecular flexibility index (Phi) is 2.70. The van der Waals surface area contributed by atoms with Crippen LogP contribution >= 0.6 is 15.9 Å². The number of pyridine rings is 1. The topological polar surface area (TPSA) is 36.7 Å². The van der Waals surface area contributed by atoms with Crippen LogP contribution in [0.25, 0.3) is 10.9 Å². The number of benzene rings is 1. The highest BCUT2D eigenvalue weighted by atomic mass is 79.9. The maximum absolute atomic E-state index is 8.65. The second-order valence-electron chi connectivity index (χ2n) is 3.40. The molecular formula is C12H9BrN2. The van der Waals surface area contributed by atoms with Gasteiger partial charge < -0.3 is 0 Å². The Hall–Kier alpha value is -1.40. The zero-order valence-electron chi connectivity index (χ0n) is 8.29. The summed E-state index contributed by atoms with van der Waals surface area (Å²) in [5.41, 5.74) is 2.92. The molecule has 1 aromatic carbocycles. The molecule has 0 unspecified atom stereocenters. The summed E-state index contributed by atoms with van der Waals surface area (Å²) in [4.78, 5) is 4.46. The molecule has 1 aromatic heterocycles.